The first-order chi connectivity index (χ1) is 18.0. The molecule has 0 bridgehead atoms. The summed E-state index contributed by atoms with van der Waals surface area (Å²) in [6.45, 7) is 7.08. The van der Waals surface area contributed by atoms with Gasteiger partial charge in [-0.15, -0.1) is 0 Å². The zero-order valence-electron chi connectivity index (χ0n) is 22.4. The highest BCUT2D eigenvalue weighted by atomic mass is 35.5. The minimum Gasteiger partial charge on any atom is -0.357 e. The molecule has 0 radical (unpaired) electrons. The average molecular weight is 556 g/mol. The molecule has 0 aliphatic heterocycles. The lowest BCUT2D eigenvalue weighted by Gasteiger charge is -2.33. The van der Waals surface area contributed by atoms with Gasteiger partial charge in [0.05, 0.1) is 10.6 Å². The Labute approximate surface area is 230 Å². The van der Waals surface area contributed by atoms with Crippen LogP contribution in [-0.4, -0.2) is 44.8 Å². The third kappa shape index (κ3) is 6.55. The van der Waals surface area contributed by atoms with Crippen LogP contribution < -0.4 is 9.62 Å². The summed E-state index contributed by atoms with van der Waals surface area (Å²) in [5, 5.41) is 3.01. The van der Waals surface area contributed by atoms with Crippen molar-refractivity contribution in [2.45, 2.75) is 51.6 Å². The van der Waals surface area contributed by atoms with Crippen molar-refractivity contribution in [3.63, 3.8) is 0 Å². The quantitative estimate of drug-likeness (QED) is 0.381. The van der Waals surface area contributed by atoms with E-state index in [2.05, 4.69) is 5.32 Å². The van der Waals surface area contributed by atoms with Crippen molar-refractivity contribution in [2.24, 2.45) is 0 Å². The summed E-state index contributed by atoms with van der Waals surface area (Å²) in [7, 11) is -2.62. The maximum Gasteiger partial charge on any atom is 0.264 e. The Bertz CT molecular complexity index is 1410. The minimum absolute atomic E-state index is 0.0522. The predicted octanol–water partition coefficient (Wildman–Crippen LogP) is 5.01. The van der Waals surface area contributed by atoms with Crippen molar-refractivity contribution in [1.82, 2.24) is 10.2 Å². The molecule has 202 valence electrons. The maximum atomic E-state index is 14.0. The van der Waals surface area contributed by atoms with E-state index >= 15 is 0 Å². The Kier molecular flexibility index (Phi) is 9.57. The van der Waals surface area contributed by atoms with Gasteiger partial charge in [-0.2, -0.15) is 0 Å². The molecule has 0 spiro atoms. The SMILES string of the molecule is CCC(C(=O)NC)N(Cc1ccccc1C)C(=O)CN(c1ccc(C)c(Cl)c1)S(=O)(=O)c1ccc(C)cc1. The van der Waals surface area contributed by atoms with E-state index in [1.54, 1.807) is 24.3 Å². The molecule has 7 nitrogen and oxygen atoms in total. The molecule has 0 aliphatic carbocycles. The molecule has 1 unspecified atom stereocenters. The molecule has 9 heteroatoms. The van der Waals surface area contributed by atoms with E-state index in [0.29, 0.717) is 11.4 Å². The number of carbonyl (C=O) groups is 2. The number of sulfonamides is 1. The summed E-state index contributed by atoms with van der Waals surface area (Å²) in [6, 6.07) is 18.1. The van der Waals surface area contributed by atoms with Gasteiger partial charge in [-0.05, 0) is 68.1 Å². The minimum atomic E-state index is -4.14. The van der Waals surface area contributed by atoms with Crippen LogP contribution in [0.2, 0.25) is 5.02 Å². The van der Waals surface area contributed by atoms with Gasteiger partial charge in [0.1, 0.15) is 12.6 Å². The predicted molar refractivity (Wildman–Crippen MR) is 152 cm³/mol. The number of hydrogen-bond acceptors (Lipinski definition) is 4. The van der Waals surface area contributed by atoms with Gasteiger partial charge in [-0.3, -0.25) is 13.9 Å². The normalized spacial score (nSPS) is 12.1. The standard InChI is InChI=1S/C29H34ClN3O4S/c1-6-27(29(35)31-5)32(18-23-10-8-7-9-21(23)3)28(34)19-33(24-14-13-22(4)26(30)17-24)38(36,37)25-15-11-20(2)12-16-25/h7-17,27H,6,18-19H2,1-5H3,(H,31,35). The Balaban J connectivity index is 2.10. The van der Waals surface area contributed by atoms with E-state index in [0.717, 1.165) is 26.6 Å². The van der Waals surface area contributed by atoms with E-state index in [4.69, 9.17) is 11.6 Å². The largest absolute Gasteiger partial charge is 0.357 e. The second-order valence-electron chi connectivity index (χ2n) is 9.24. The molecule has 0 saturated heterocycles. The molecule has 2 amide bonds. The number of aryl methyl sites for hydroxylation is 3. The molecule has 3 aromatic rings. The van der Waals surface area contributed by atoms with Gasteiger partial charge in [0.25, 0.3) is 10.0 Å². The van der Waals surface area contributed by atoms with Crippen molar-refractivity contribution in [2.75, 3.05) is 17.9 Å². The Morgan fingerprint density at radius 1 is 0.947 bits per heavy atom. The number of likely N-dealkylation sites (N-methyl/N-ethyl adjacent to an activating group) is 1. The maximum absolute atomic E-state index is 14.0. The number of halogens is 1. The molecule has 0 fully saturated rings. The highest BCUT2D eigenvalue weighted by Crippen LogP contribution is 2.29. The molecule has 3 rings (SSSR count). The molecule has 0 heterocycles. The van der Waals surface area contributed by atoms with E-state index < -0.39 is 28.5 Å². The molecular formula is C29H34ClN3O4S. The summed E-state index contributed by atoms with van der Waals surface area (Å²) in [4.78, 5) is 28.3. The van der Waals surface area contributed by atoms with Crippen LogP contribution in [0.15, 0.2) is 71.6 Å². The van der Waals surface area contributed by atoms with Crippen molar-refractivity contribution in [1.29, 1.82) is 0 Å². The number of nitrogens with one attached hydrogen (secondary N) is 1. The molecule has 1 N–H and O–H groups in total. The molecule has 0 saturated carbocycles. The number of carbonyl (C=O) groups excluding carboxylic acids is 2. The van der Waals surface area contributed by atoms with Gasteiger partial charge in [-0.25, -0.2) is 8.42 Å². The number of rotatable bonds is 10. The van der Waals surface area contributed by atoms with E-state index in [9.17, 15) is 18.0 Å². The first-order valence-electron chi connectivity index (χ1n) is 12.4. The first-order valence-corrected chi connectivity index (χ1v) is 14.2. The van der Waals surface area contributed by atoms with E-state index in [-0.39, 0.29) is 23.0 Å². The fourth-order valence-electron chi connectivity index (χ4n) is 4.16. The lowest BCUT2D eigenvalue weighted by molar-refractivity contribution is -0.140. The summed E-state index contributed by atoms with van der Waals surface area (Å²) >= 11 is 6.36. The second-order valence-corrected chi connectivity index (χ2v) is 11.5. The van der Waals surface area contributed by atoms with Crippen LogP contribution in [0.4, 0.5) is 5.69 Å². The van der Waals surface area contributed by atoms with Crippen molar-refractivity contribution < 1.29 is 18.0 Å². The fraction of sp³-hybridized carbons (Fsp3) is 0.310. The van der Waals surface area contributed by atoms with Crippen molar-refractivity contribution in [3.8, 4) is 0 Å². The third-order valence-corrected chi connectivity index (χ3v) is 8.76. The van der Waals surface area contributed by atoms with Gasteiger partial charge >= 0.3 is 0 Å². The summed E-state index contributed by atoms with van der Waals surface area (Å²) in [6.07, 6.45) is 0.359. The molecule has 0 aromatic heterocycles. The molecule has 1 atom stereocenters. The Morgan fingerprint density at radius 2 is 1.61 bits per heavy atom. The Morgan fingerprint density at radius 3 is 2.18 bits per heavy atom. The highest BCUT2D eigenvalue weighted by Gasteiger charge is 2.33. The third-order valence-electron chi connectivity index (χ3n) is 6.57. The van der Waals surface area contributed by atoms with Crippen LogP contribution in [0.1, 0.15) is 35.6 Å². The lowest BCUT2D eigenvalue weighted by atomic mass is 10.1. The van der Waals surface area contributed by atoms with Gasteiger partial charge in [0.15, 0.2) is 0 Å². The van der Waals surface area contributed by atoms with E-state index in [1.165, 1.54) is 30.1 Å². The Hall–Kier alpha value is -3.36. The molecule has 0 aliphatic rings. The molecule has 3 aromatic carbocycles. The van der Waals surface area contributed by atoms with Crippen LogP contribution in [0.3, 0.4) is 0 Å². The molecular weight excluding hydrogens is 522 g/mol. The summed E-state index contributed by atoms with van der Waals surface area (Å²) in [5.74, 6) is -0.822. The van der Waals surface area contributed by atoms with Crippen LogP contribution in [0, 0.1) is 20.8 Å². The fourth-order valence-corrected chi connectivity index (χ4v) is 5.74. The average Bonchev–Trinajstić information content (AvgIpc) is 2.89. The number of benzene rings is 3. The monoisotopic (exact) mass is 555 g/mol. The van der Waals surface area contributed by atoms with Gasteiger partial charge in [0.2, 0.25) is 11.8 Å². The zero-order valence-corrected chi connectivity index (χ0v) is 23.9. The number of nitrogens with zero attached hydrogens (tertiary/aromatic N) is 2. The lowest BCUT2D eigenvalue weighted by Crippen LogP contribution is -2.51. The molecule has 38 heavy (non-hydrogen) atoms. The second kappa shape index (κ2) is 12.5. The van der Waals surface area contributed by atoms with Crippen molar-refractivity contribution >= 4 is 39.1 Å². The van der Waals surface area contributed by atoms with Crippen molar-refractivity contribution in [3.05, 3.63) is 94.0 Å². The van der Waals surface area contributed by atoms with Crippen LogP contribution >= 0.6 is 11.6 Å². The van der Waals surface area contributed by atoms with Gasteiger partial charge in [-0.1, -0.05) is 66.6 Å². The smallest absolute Gasteiger partial charge is 0.264 e. The summed E-state index contributed by atoms with van der Waals surface area (Å²) in [5.41, 5.74) is 3.78. The number of amides is 2. The highest BCUT2D eigenvalue weighted by molar-refractivity contribution is 7.92. The number of anilines is 1. The number of hydrogen-bond donors (Lipinski definition) is 1. The topological polar surface area (TPSA) is 86.8 Å². The zero-order chi connectivity index (χ0) is 28.0. The first kappa shape index (κ1) is 29.2. The van der Waals surface area contributed by atoms with E-state index in [1.807, 2.05) is 52.0 Å². The van der Waals surface area contributed by atoms with Crippen LogP contribution in [0.5, 0.6) is 0 Å². The van der Waals surface area contributed by atoms with Gasteiger partial charge < -0.3 is 10.2 Å². The summed E-state index contributed by atoms with van der Waals surface area (Å²) < 4.78 is 28.8. The van der Waals surface area contributed by atoms with Gasteiger partial charge in [0, 0.05) is 18.6 Å². The van der Waals surface area contributed by atoms with Crippen LogP contribution in [-0.2, 0) is 26.2 Å². The van der Waals surface area contributed by atoms with Crippen LogP contribution in [0.25, 0.3) is 0 Å².